The molecule has 3 heterocycles. The lowest BCUT2D eigenvalue weighted by Gasteiger charge is -2.36. The van der Waals surface area contributed by atoms with Crippen molar-refractivity contribution in [1.82, 2.24) is 10.1 Å². The van der Waals surface area contributed by atoms with Gasteiger partial charge in [0, 0.05) is 40.7 Å². The highest BCUT2D eigenvalue weighted by atomic mass is 32.1. The van der Waals surface area contributed by atoms with Crippen LogP contribution < -0.4 is 4.90 Å². The summed E-state index contributed by atoms with van der Waals surface area (Å²) < 4.78 is 4.53. The van der Waals surface area contributed by atoms with Gasteiger partial charge in [0.05, 0.1) is 6.10 Å². The zero-order valence-corrected chi connectivity index (χ0v) is 14.4. The van der Waals surface area contributed by atoms with E-state index >= 15 is 0 Å². The molecule has 0 radical (unpaired) electrons. The largest absolute Gasteiger partial charge is 0.391 e. The van der Waals surface area contributed by atoms with Gasteiger partial charge in [-0.2, -0.15) is 0 Å². The summed E-state index contributed by atoms with van der Waals surface area (Å²) in [5.41, 5.74) is 2.24. The molecule has 1 aromatic carbocycles. The molecule has 1 N–H and O–H groups in total. The molecule has 25 heavy (non-hydrogen) atoms. The van der Waals surface area contributed by atoms with Crippen LogP contribution in [0.3, 0.4) is 0 Å². The van der Waals surface area contributed by atoms with Crippen LogP contribution >= 0.6 is 11.3 Å². The van der Waals surface area contributed by atoms with E-state index in [0.717, 1.165) is 6.42 Å². The minimum atomic E-state index is -0.588. The Morgan fingerprint density at radius 3 is 3.04 bits per heavy atom. The van der Waals surface area contributed by atoms with E-state index in [9.17, 15) is 15.1 Å². The lowest BCUT2D eigenvalue weighted by molar-refractivity contribution is -0.782. The Kier molecular flexibility index (Phi) is 3.93. The number of nitrogens with zero attached hydrogens (tertiary/aromatic N) is 3. The molecule has 1 amide bonds. The van der Waals surface area contributed by atoms with Crippen molar-refractivity contribution in [1.29, 1.82) is 0 Å². The van der Waals surface area contributed by atoms with E-state index in [-0.39, 0.29) is 17.3 Å². The highest BCUT2D eigenvalue weighted by Crippen LogP contribution is 2.34. The van der Waals surface area contributed by atoms with Gasteiger partial charge < -0.3 is 15.2 Å². The normalized spacial score (nSPS) is 21.0. The van der Waals surface area contributed by atoms with Crippen LogP contribution in [0.15, 0.2) is 34.3 Å². The van der Waals surface area contributed by atoms with Gasteiger partial charge in [-0.15, -0.1) is 11.3 Å². The van der Waals surface area contributed by atoms with Gasteiger partial charge in [-0.3, -0.25) is 9.42 Å². The minimum absolute atomic E-state index is 0.0708. The quantitative estimate of drug-likeness (QED) is 0.705. The van der Waals surface area contributed by atoms with Gasteiger partial charge in [0.1, 0.15) is 0 Å². The molecule has 0 unspecified atom stereocenters. The molecule has 7 nitrogen and oxygen atoms in total. The molecule has 0 saturated carbocycles. The lowest BCUT2D eigenvalue weighted by atomic mass is 9.90. The fourth-order valence-electron chi connectivity index (χ4n) is 3.38. The standard InChI is InChI=1S/C17H17N3O4S/c1-10-5-7-25-16(10)12-4-6-19(9-15(12)21)17(22)11-2-3-14-13(8-11)18-24-20(14)23/h2-3,5,7-8,12,15,21H,4,6,9H2,1H3/t12-,15-/m1/s1. The molecular weight excluding hydrogens is 342 g/mol. The highest BCUT2D eigenvalue weighted by molar-refractivity contribution is 7.10. The van der Waals surface area contributed by atoms with E-state index in [2.05, 4.69) is 15.9 Å². The molecule has 2 aromatic heterocycles. The highest BCUT2D eigenvalue weighted by Gasteiger charge is 2.33. The van der Waals surface area contributed by atoms with Gasteiger partial charge in [-0.25, -0.2) is 0 Å². The van der Waals surface area contributed by atoms with Gasteiger partial charge in [0.15, 0.2) is 0 Å². The number of amides is 1. The first kappa shape index (κ1) is 16.0. The van der Waals surface area contributed by atoms with Crippen molar-refractivity contribution in [2.24, 2.45) is 0 Å². The van der Waals surface area contributed by atoms with Crippen molar-refractivity contribution < 1.29 is 19.4 Å². The monoisotopic (exact) mass is 359 g/mol. The Labute approximate surface area is 147 Å². The Bertz CT molecular complexity index is 935. The zero-order valence-electron chi connectivity index (χ0n) is 13.6. The van der Waals surface area contributed by atoms with Crippen LogP contribution in [-0.2, 0) is 0 Å². The van der Waals surface area contributed by atoms with Crippen LogP contribution in [0.1, 0.15) is 33.1 Å². The third-order valence-corrected chi connectivity index (χ3v) is 5.89. The lowest BCUT2D eigenvalue weighted by Crippen LogP contribution is -2.45. The number of thiophene rings is 1. The summed E-state index contributed by atoms with van der Waals surface area (Å²) in [5, 5.41) is 27.6. The number of aryl methyl sites for hydroxylation is 1. The number of carbonyl (C=O) groups excluding carboxylic acids is 1. The number of likely N-dealkylation sites (tertiary alicyclic amines) is 1. The molecule has 1 aliphatic heterocycles. The number of hydrogen-bond acceptors (Lipinski definition) is 6. The first-order chi connectivity index (χ1) is 12.0. The summed E-state index contributed by atoms with van der Waals surface area (Å²) in [5.74, 6) is -0.107. The molecular formula is C17H17N3O4S. The van der Waals surface area contributed by atoms with Gasteiger partial charge in [0.25, 0.3) is 5.91 Å². The molecule has 4 rings (SSSR count). The van der Waals surface area contributed by atoms with Crippen LogP contribution in [0.25, 0.3) is 11.0 Å². The topological polar surface area (TPSA) is 93.5 Å². The second kappa shape index (κ2) is 6.12. The Hall–Kier alpha value is -2.45. The van der Waals surface area contributed by atoms with E-state index in [1.54, 1.807) is 22.3 Å². The Morgan fingerprint density at radius 2 is 2.32 bits per heavy atom. The van der Waals surface area contributed by atoms with Gasteiger partial charge >= 0.3 is 0 Å². The predicted octanol–water partition coefficient (Wildman–Crippen LogP) is 1.82. The van der Waals surface area contributed by atoms with Crippen molar-refractivity contribution in [2.75, 3.05) is 13.1 Å². The zero-order chi connectivity index (χ0) is 17.6. The van der Waals surface area contributed by atoms with Crippen molar-refractivity contribution in [2.45, 2.75) is 25.4 Å². The predicted molar refractivity (Wildman–Crippen MR) is 91.3 cm³/mol. The SMILES string of the molecule is Cc1ccsc1[C@@H]1CCN(C(=O)c2ccc3c(c2)no[n+]3[O-])C[C@H]1O. The molecule has 8 heteroatoms. The summed E-state index contributed by atoms with van der Waals surface area (Å²) in [4.78, 5) is 15.9. The number of benzene rings is 1. The first-order valence-electron chi connectivity index (χ1n) is 8.05. The summed E-state index contributed by atoms with van der Waals surface area (Å²) in [6.07, 6.45) is 0.135. The Morgan fingerprint density at radius 1 is 1.48 bits per heavy atom. The van der Waals surface area contributed by atoms with Crippen LogP contribution in [0.4, 0.5) is 0 Å². The first-order valence-corrected chi connectivity index (χ1v) is 8.93. The molecule has 130 valence electrons. The van der Waals surface area contributed by atoms with E-state index in [0.29, 0.717) is 29.1 Å². The molecule has 1 fully saturated rings. The fourth-order valence-corrected chi connectivity index (χ4v) is 4.50. The maximum absolute atomic E-state index is 12.7. The number of carbonyl (C=O) groups is 1. The van der Waals surface area contributed by atoms with Crippen LogP contribution in [0.2, 0.25) is 0 Å². The third kappa shape index (κ3) is 2.77. The number of fused-ring (bicyclic) bond motifs is 1. The third-order valence-electron chi connectivity index (χ3n) is 4.74. The van der Waals surface area contributed by atoms with Crippen LogP contribution in [0, 0.1) is 12.1 Å². The summed E-state index contributed by atoms with van der Waals surface area (Å²) in [6.45, 7) is 2.92. The molecule has 1 saturated heterocycles. The van der Waals surface area contributed by atoms with Crippen molar-refractivity contribution >= 4 is 28.3 Å². The van der Waals surface area contributed by atoms with Crippen molar-refractivity contribution in [3.8, 4) is 0 Å². The number of rotatable bonds is 2. The van der Waals surface area contributed by atoms with E-state index in [4.69, 9.17) is 0 Å². The van der Waals surface area contributed by atoms with Gasteiger partial charge in [0.2, 0.25) is 11.0 Å². The van der Waals surface area contributed by atoms with Crippen LogP contribution in [0.5, 0.6) is 0 Å². The number of aliphatic hydroxyl groups excluding tert-OH is 1. The maximum atomic E-state index is 12.7. The summed E-state index contributed by atoms with van der Waals surface area (Å²) >= 11 is 1.66. The second-order valence-corrected chi connectivity index (χ2v) is 7.26. The average Bonchev–Trinajstić information content (AvgIpc) is 3.20. The van der Waals surface area contributed by atoms with Crippen LogP contribution in [-0.4, -0.2) is 40.3 Å². The van der Waals surface area contributed by atoms with E-state index < -0.39 is 6.10 Å². The molecule has 2 atom stereocenters. The molecule has 3 aromatic rings. The number of β-amino-alcohol motifs (C(OH)–C–C–N with tert-alkyl or cyclic N) is 1. The number of hydrogen-bond donors (Lipinski definition) is 1. The molecule has 0 aliphatic carbocycles. The average molecular weight is 359 g/mol. The van der Waals surface area contributed by atoms with Gasteiger partial charge in [-0.1, -0.05) is 0 Å². The number of aliphatic hydroxyl groups is 1. The van der Waals surface area contributed by atoms with Gasteiger partial charge in [-0.05, 0) is 47.4 Å². The number of aromatic nitrogens is 2. The number of piperidine rings is 1. The molecule has 1 aliphatic rings. The molecule has 0 spiro atoms. The summed E-state index contributed by atoms with van der Waals surface area (Å²) in [7, 11) is 0. The van der Waals surface area contributed by atoms with Crippen molar-refractivity contribution in [3.63, 3.8) is 0 Å². The summed E-state index contributed by atoms with van der Waals surface area (Å²) in [6, 6.07) is 6.69. The molecule has 0 bridgehead atoms. The maximum Gasteiger partial charge on any atom is 0.254 e. The smallest absolute Gasteiger partial charge is 0.254 e. The van der Waals surface area contributed by atoms with E-state index in [1.165, 1.54) is 22.6 Å². The minimum Gasteiger partial charge on any atom is -0.391 e. The Balaban J connectivity index is 1.52. The second-order valence-electron chi connectivity index (χ2n) is 6.32. The fraction of sp³-hybridized carbons (Fsp3) is 0.353. The van der Waals surface area contributed by atoms with E-state index in [1.807, 2.05) is 12.3 Å². The van der Waals surface area contributed by atoms with Crippen molar-refractivity contribution in [3.05, 3.63) is 50.9 Å².